The molecule has 1 atom stereocenters. The van der Waals surface area contributed by atoms with Crippen molar-refractivity contribution in [2.24, 2.45) is 5.92 Å². The minimum Gasteiger partial charge on any atom is -0.477 e. The molecule has 1 amide bonds. The quantitative estimate of drug-likeness (QED) is 0.853. The van der Waals surface area contributed by atoms with Gasteiger partial charge < -0.3 is 14.4 Å². The number of likely N-dealkylation sites (tertiary alicyclic amines) is 1. The topological polar surface area (TPSA) is 64.6 Å². The molecular formula is C19H21N3O3. The first-order valence-electron chi connectivity index (χ1n) is 8.56. The van der Waals surface area contributed by atoms with Gasteiger partial charge in [0.2, 0.25) is 5.88 Å². The Morgan fingerprint density at radius 3 is 2.96 bits per heavy atom. The number of carbonyl (C=O) groups excluding carboxylic acids is 1. The number of ether oxygens (including phenoxy) is 2. The second-order valence-corrected chi connectivity index (χ2v) is 6.76. The van der Waals surface area contributed by atoms with Crippen molar-refractivity contribution in [2.45, 2.75) is 18.9 Å². The number of pyridine rings is 2. The molecule has 2 aromatic heterocycles. The molecule has 0 N–H and O–H groups in total. The van der Waals surface area contributed by atoms with E-state index in [0.717, 1.165) is 12.0 Å². The largest absolute Gasteiger partial charge is 0.477 e. The van der Waals surface area contributed by atoms with Crippen LogP contribution >= 0.6 is 0 Å². The fourth-order valence-corrected chi connectivity index (χ4v) is 3.55. The molecule has 4 rings (SSSR count). The summed E-state index contributed by atoms with van der Waals surface area (Å²) >= 11 is 0. The van der Waals surface area contributed by atoms with E-state index in [1.54, 1.807) is 17.3 Å². The molecule has 0 aliphatic carbocycles. The maximum Gasteiger partial charge on any atom is 0.272 e. The van der Waals surface area contributed by atoms with Crippen molar-refractivity contribution in [1.29, 1.82) is 0 Å². The molecule has 1 unspecified atom stereocenters. The van der Waals surface area contributed by atoms with Crippen molar-refractivity contribution in [2.75, 3.05) is 26.3 Å². The number of rotatable bonds is 4. The molecule has 2 aromatic rings. The number of nitrogens with zero attached hydrogens (tertiary/aromatic N) is 3. The molecule has 0 aromatic carbocycles. The Balaban J connectivity index is 1.38. The Kier molecular flexibility index (Phi) is 4.13. The molecule has 2 aliphatic heterocycles. The van der Waals surface area contributed by atoms with Gasteiger partial charge in [0.25, 0.3) is 5.91 Å². The van der Waals surface area contributed by atoms with Crippen LogP contribution in [0.4, 0.5) is 0 Å². The predicted octanol–water partition coefficient (Wildman–Crippen LogP) is 2.10. The van der Waals surface area contributed by atoms with Crippen LogP contribution < -0.4 is 4.74 Å². The van der Waals surface area contributed by atoms with Gasteiger partial charge >= 0.3 is 0 Å². The molecular weight excluding hydrogens is 318 g/mol. The summed E-state index contributed by atoms with van der Waals surface area (Å²) in [5, 5.41) is 0. The van der Waals surface area contributed by atoms with Crippen molar-refractivity contribution in [3.05, 3.63) is 54.0 Å². The maximum atomic E-state index is 12.6. The van der Waals surface area contributed by atoms with Gasteiger partial charge in [-0.2, -0.15) is 0 Å². The number of aromatic nitrogens is 2. The Bertz CT molecular complexity index is 760. The van der Waals surface area contributed by atoms with Crippen LogP contribution in [0.3, 0.4) is 0 Å². The molecule has 0 radical (unpaired) electrons. The molecule has 130 valence electrons. The van der Waals surface area contributed by atoms with Gasteiger partial charge in [0.05, 0.1) is 19.7 Å². The lowest BCUT2D eigenvalue weighted by molar-refractivity contribution is -0.122. The summed E-state index contributed by atoms with van der Waals surface area (Å²) in [4.78, 5) is 22.8. The number of aryl methyl sites for hydroxylation is 1. The zero-order valence-electron chi connectivity index (χ0n) is 14.2. The highest BCUT2D eigenvalue weighted by atomic mass is 16.5. The van der Waals surface area contributed by atoms with Crippen molar-refractivity contribution >= 4 is 5.91 Å². The molecule has 2 aliphatic rings. The molecule has 25 heavy (non-hydrogen) atoms. The highest BCUT2D eigenvalue weighted by Gasteiger charge is 2.55. The number of hydrogen-bond donors (Lipinski definition) is 0. The third kappa shape index (κ3) is 3.09. The van der Waals surface area contributed by atoms with Crippen molar-refractivity contribution in [3.8, 4) is 5.88 Å². The second kappa shape index (κ2) is 6.44. The molecule has 6 nitrogen and oxygen atoms in total. The van der Waals surface area contributed by atoms with Crippen molar-refractivity contribution in [1.82, 2.24) is 14.9 Å². The molecule has 2 fully saturated rings. The molecule has 1 spiro atoms. The van der Waals surface area contributed by atoms with Gasteiger partial charge in [0.15, 0.2) is 0 Å². The Morgan fingerprint density at radius 1 is 1.32 bits per heavy atom. The summed E-state index contributed by atoms with van der Waals surface area (Å²) in [6, 6.07) is 9.33. The second-order valence-electron chi connectivity index (χ2n) is 6.76. The van der Waals surface area contributed by atoms with E-state index >= 15 is 0 Å². The summed E-state index contributed by atoms with van der Waals surface area (Å²) in [6.45, 7) is 4.42. The molecule has 2 saturated heterocycles. The third-order valence-corrected chi connectivity index (χ3v) is 5.01. The van der Waals surface area contributed by atoms with E-state index in [1.807, 2.05) is 37.3 Å². The molecule has 0 saturated carbocycles. The fourth-order valence-electron chi connectivity index (χ4n) is 3.55. The smallest absolute Gasteiger partial charge is 0.272 e. The first-order chi connectivity index (χ1) is 12.2. The van der Waals surface area contributed by atoms with Crippen LogP contribution in [0.2, 0.25) is 0 Å². The van der Waals surface area contributed by atoms with E-state index < -0.39 is 0 Å². The van der Waals surface area contributed by atoms with Crippen LogP contribution in [0.1, 0.15) is 22.5 Å². The van der Waals surface area contributed by atoms with Crippen molar-refractivity contribution in [3.63, 3.8) is 0 Å². The Labute approximate surface area is 146 Å². The van der Waals surface area contributed by atoms with E-state index in [-0.39, 0.29) is 17.4 Å². The van der Waals surface area contributed by atoms with E-state index in [2.05, 4.69) is 9.97 Å². The average molecular weight is 339 g/mol. The van der Waals surface area contributed by atoms with Crippen LogP contribution in [0.25, 0.3) is 0 Å². The first kappa shape index (κ1) is 16.0. The maximum absolute atomic E-state index is 12.6. The Morgan fingerprint density at radius 2 is 2.20 bits per heavy atom. The predicted molar refractivity (Wildman–Crippen MR) is 91.4 cm³/mol. The standard InChI is InChI=1S/C19H21N3O3/c1-14-5-8-20-16(10-14)18(23)22-12-19(13-22)15(6-9-25-19)11-24-17-4-2-3-7-21-17/h2-5,7-8,10,15H,6,9,11-13H2,1H3. The highest BCUT2D eigenvalue weighted by Crippen LogP contribution is 2.40. The SMILES string of the molecule is Cc1ccnc(C(=O)N2CC3(C2)OCCC3COc2ccccn2)c1. The highest BCUT2D eigenvalue weighted by molar-refractivity contribution is 5.93. The number of hydrogen-bond acceptors (Lipinski definition) is 5. The van der Waals surface area contributed by atoms with E-state index in [4.69, 9.17) is 9.47 Å². The molecule has 4 heterocycles. The van der Waals surface area contributed by atoms with Gasteiger partial charge in [-0.15, -0.1) is 0 Å². The average Bonchev–Trinajstić information content (AvgIpc) is 3.03. The summed E-state index contributed by atoms with van der Waals surface area (Å²) in [7, 11) is 0. The van der Waals surface area contributed by atoms with E-state index in [0.29, 0.717) is 37.9 Å². The van der Waals surface area contributed by atoms with E-state index in [1.165, 1.54) is 0 Å². The van der Waals surface area contributed by atoms with Gasteiger partial charge in [-0.05, 0) is 37.1 Å². The lowest BCUT2D eigenvalue weighted by Gasteiger charge is -2.49. The third-order valence-electron chi connectivity index (χ3n) is 5.01. The van der Waals surface area contributed by atoms with Crippen LogP contribution in [0, 0.1) is 12.8 Å². The van der Waals surface area contributed by atoms with Gasteiger partial charge in [-0.3, -0.25) is 9.78 Å². The first-order valence-corrected chi connectivity index (χ1v) is 8.56. The zero-order chi connectivity index (χ0) is 17.3. The van der Waals surface area contributed by atoms with E-state index in [9.17, 15) is 4.79 Å². The lowest BCUT2D eigenvalue weighted by Crippen LogP contribution is -2.66. The fraction of sp³-hybridized carbons (Fsp3) is 0.421. The summed E-state index contributed by atoms with van der Waals surface area (Å²) in [6.07, 6.45) is 4.33. The summed E-state index contributed by atoms with van der Waals surface area (Å²) in [5.74, 6) is 0.860. The van der Waals surface area contributed by atoms with Crippen LogP contribution in [0.5, 0.6) is 5.88 Å². The van der Waals surface area contributed by atoms with Gasteiger partial charge in [0, 0.05) is 31.0 Å². The zero-order valence-corrected chi connectivity index (χ0v) is 14.2. The summed E-state index contributed by atoms with van der Waals surface area (Å²) < 4.78 is 11.8. The van der Waals surface area contributed by atoms with Crippen LogP contribution in [0.15, 0.2) is 42.7 Å². The van der Waals surface area contributed by atoms with Gasteiger partial charge in [0.1, 0.15) is 11.3 Å². The van der Waals surface area contributed by atoms with Gasteiger partial charge in [-0.1, -0.05) is 6.07 Å². The minimum absolute atomic E-state index is 0.0331. The lowest BCUT2D eigenvalue weighted by atomic mass is 9.81. The Hall–Kier alpha value is -2.47. The van der Waals surface area contributed by atoms with Crippen molar-refractivity contribution < 1.29 is 14.3 Å². The summed E-state index contributed by atoms with van der Waals surface area (Å²) in [5.41, 5.74) is 1.25. The molecule has 6 heteroatoms. The molecule has 0 bridgehead atoms. The monoisotopic (exact) mass is 339 g/mol. The van der Waals surface area contributed by atoms with Gasteiger partial charge in [-0.25, -0.2) is 4.98 Å². The van der Waals surface area contributed by atoms with Crippen LogP contribution in [-0.2, 0) is 4.74 Å². The minimum atomic E-state index is -0.283. The van der Waals surface area contributed by atoms with Crippen LogP contribution in [-0.4, -0.2) is 52.7 Å². The number of amides is 1. The normalized spacial score (nSPS) is 21.2. The number of carbonyl (C=O) groups is 1.